The molecule has 1 aromatic rings. The van der Waals surface area contributed by atoms with Crippen molar-refractivity contribution in [2.75, 3.05) is 0 Å². The van der Waals surface area contributed by atoms with Crippen molar-refractivity contribution in [1.82, 2.24) is 5.32 Å². The third kappa shape index (κ3) is 3.82. The lowest BCUT2D eigenvalue weighted by atomic mass is 10.1. The van der Waals surface area contributed by atoms with E-state index >= 15 is 0 Å². The van der Waals surface area contributed by atoms with Crippen molar-refractivity contribution in [3.63, 3.8) is 0 Å². The lowest BCUT2D eigenvalue weighted by molar-refractivity contribution is 0.515. The Morgan fingerprint density at radius 1 is 1.24 bits per heavy atom. The molecule has 2 unspecified atom stereocenters. The van der Waals surface area contributed by atoms with Gasteiger partial charge in [-0.2, -0.15) is 0 Å². The van der Waals surface area contributed by atoms with Crippen LogP contribution < -0.4 is 5.32 Å². The highest BCUT2D eigenvalue weighted by molar-refractivity contribution is 9.09. The van der Waals surface area contributed by atoms with Gasteiger partial charge < -0.3 is 5.32 Å². The van der Waals surface area contributed by atoms with Crippen LogP contribution in [0.25, 0.3) is 0 Å². The Kier molecular flexibility index (Phi) is 4.63. The van der Waals surface area contributed by atoms with E-state index in [0.29, 0.717) is 10.9 Å². The Bertz CT molecular complexity index is 373. The number of rotatable bonds is 5. The van der Waals surface area contributed by atoms with Gasteiger partial charge in [-0.3, -0.25) is 0 Å². The summed E-state index contributed by atoms with van der Waals surface area (Å²) in [6, 6.07) is 7.55. The van der Waals surface area contributed by atoms with Gasteiger partial charge >= 0.3 is 0 Å². The van der Waals surface area contributed by atoms with Crippen LogP contribution in [0.1, 0.15) is 43.4 Å². The molecule has 0 amide bonds. The van der Waals surface area contributed by atoms with Crippen molar-refractivity contribution in [2.24, 2.45) is 0 Å². The first-order valence-corrected chi connectivity index (χ1v) is 7.55. The van der Waals surface area contributed by atoms with Crippen molar-refractivity contribution >= 4 is 15.9 Å². The van der Waals surface area contributed by atoms with Gasteiger partial charge in [-0.05, 0) is 49.3 Å². The number of aryl methyl sites for hydroxylation is 2. The molecule has 1 nitrogen and oxygen atoms in total. The molecule has 0 aliphatic heterocycles. The number of benzene rings is 1. The molecular weight excluding hydrogens is 274 g/mol. The fraction of sp³-hybridized carbons (Fsp3) is 0.600. The normalized spacial score (nSPS) is 17.8. The van der Waals surface area contributed by atoms with Crippen LogP contribution >= 0.6 is 15.9 Å². The predicted molar refractivity (Wildman–Crippen MR) is 77.8 cm³/mol. The molecule has 2 rings (SSSR count). The smallest absolute Gasteiger partial charge is 0.0208 e. The molecule has 1 N–H and O–H groups in total. The first kappa shape index (κ1) is 13.1. The minimum absolute atomic E-state index is 0.567. The average Bonchev–Trinajstić information content (AvgIpc) is 2.72. The van der Waals surface area contributed by atoms with Gasteiger partial charge in [0.2, 0.25) is 0 Å². The molecule has 0 fully saturated rings. The molecule has 0 saturated heterocycles. The van der Waals surface area contributed by atoms with E-state index in [2.05, 4.69) is 53.3 Å². The Labute approximate surface area is 113 Å². The molecule has 0 heterocycles. The van der Waals surface area contributed by atoms with E-state index in [1.807, 2.05) is 0 Å². The fourth-order valence-corrected chi connectivity index (χ4v) is 3.16. The van der Waals surface area contributed by atoms with Gasteiger partial charge in [0.25, 0.3) is 0 Å². The second kappa shape index (κ2) is 6.01. The molecule has 0 radical (unpaired) electrons. The summed E-state index contributed by atoms with van der Waals surface area (Å²) >= 11 is 3.60. The summed E-state index contributed by atoms with van der Waals surface area (Å²) in [4.78, 5) is 0.588. The molecule has 0 aromatic heterocycles. The minimum Gasteiger partial charge on any atom is -0.310 e. The first-order valence-electron chi connectivity index (χ1n) is 6.63. The number of fused-ring (bicyclic) bond motifs is 1. The molecule has 0 spiro atoms. The Balaban J connectivity index is 1.87. The minimum atomic E-state index is 0.567. The number of alkyl halides is 1. The van der Waals surface area contributed by atoms with E-state index in [0.717, 1.165) is 6.54 Å². The van der Waals surface area contributed by atoms with E-state index in [4.69, 9.17) is 0 Å². The van der Waals surface area contributed by atoms with Crippen molar-refractivity contribution < 1.29 is 0 Å². The van der Waals surface area contributed by atoms with Gasteiger partial charge in [0.15, 0.2) is 0 Å². The van der Waals surface area contributed by atoms with Crippen LogP contribution in [0.2, 0.25) is 0 Å². The zero-order chi connectivity index (χ0) is 12.3. The lowest BCUT2D eigenvalue weighted by Gasteiger charge is -2.15. The highest BCUT2D eigenvalue weighted by Crippen LogP contribution is 2.22. The van der Waals surface area contributed by atoms with Gasteiger partial charge in [0.1, 0.15) is 0 Å². The number of halogens is 1. The Hall–Kier alpha value is -0.340. The van der Waals surface area contributed by atoms with Gasteiger partial charge in [-0.1, -0.05) is 41.1 Å². The van der Waals surface area contributed by atoms with E-state index in [1.54, 1.807) is 11.1 Å². The number of hydrogen-bond acceptors (Lipinski definition) is 1. The van der Waals surface area contributed by atoms with Crippen LogP contribution in [-0.2, 0) is 19.4 Å². The molecule has 2 heteroatoms. The third-order valence-electron chi connectivity index (χ3n) is 3.50. The lowest BCUT2D eigenvalue weighted by Crippen LogP contribution is -2.27. The van der Waals surface area contributed by atoms with Gasteiger partial charge in [0.05, 0.1) is 0 Å². The molecule has 94 valence electrons. The van der Waals surface area contributed by atoms with Crippen LogP contribution in [0.3, 0.4) is 0 Å². The van der Waals surface area contributed by atoms with Crippen molar-refractivity contribution in [3.8, 4) is 0 Å². The standard InChI is InChI=1S/C15H22BrN/c1-11(16)8-12(2)17-10-13-6-7-14-4-3-5-15(14)9-13/h6-7,9,11-12,17H,3-5,8,10H2,1-2H3. The van der Waals surface area contributed by atoms with Crippen LogP contribution in [0, 0.1) is 0 Å². The Morgan fingerprint density at radius 2 is 2.00 bits per heavy atom. The summed E-state index contributed by atoms with van der Waals surface area (Å²) < 4.78 is 0. The van der Waals surface area contributed by atoms with Gasteiger partial charge in [-0.15, -0.1) is 0 Å². The van der Waals surface area contributed by atoms with Crippen LogP contribution in [0.15, 0.2) is 18.2 Å². The summed E-state index contributed by atoms with van der Waals surface area (Å²) in [5, 5.41) is 3.59. The van der Waals surface area contributed by atoms with E-state index in [1.165, 1.54) is 31.2 Å². The van der Waals surface area contributed by atoms with E-state index in [-0.39, 0.29) is 0 Å². The molecule has 0 saturated carbocycles. The quantitative estimate of drug-likeness (QED) is 0.814. The zero-order valence-corrected chi connectivity index (χ0v) is 12.4. The van der Waals surface area contributed by atoms with Crippen LogP contribution in [0.4, 0.5) is 0 Å². The van der Waals surface area contributed by atoms with Gasteiger partial charge in [0, 0.05) is 17.4 Å². The summed E-state index contributed by atoms with van der Waals surface area (Å²) in [5.41, 5.74) is 4.57. The second-order valence-corrected chi connectivity index (χ2v) is 6.82. The molecular formula is C15H22BrN. The van der Waals surface area contributed by atoms with Crippen LogP contribution in [0.5, 0.6) is 0 Å². The Morgan fingerprint density at radius 3 is 2.76 bits per heavy atom. The van der Waals surface area contributed by atoms with Crippen LogP contribution in [-0.4, -0.2) is 10.9 Å². The maximum atomic E-state index is 3.60. The molecule has 17 heavy (non-hydrogen) atoms. The molecule has 1 aliphatic carbocycles. The van der Waals surface area contributed by atoms with Gasteiger partial charge in [-0.25, -0.2) is 0 Å². The number of nitrogens with one attached hydrogen (secondary N) is 1. The maximum Gasteiger partial charge on any atom is 0.0208 e. The highest BCUT2D eigenvalue weighted by atomic mass is 79.9. The predicted octanol–water partition coefficient (Wildman–Crippen LogP) is 3.83. The molecule has 0 bridgehead atoms. The maximum absolute atomic E-state index is 3.60. The summed E-state index contributed by atoms with van der Waals surface area (Å²) in [6.07, 6.45) is 5.06. The zero-order valence-electron chi connectivity index (χ0n) is 10.8. The monoisotopic (exact) mass is 295 g/mol. The third-order valence-corrected chi connectivity index (χ3v) is 3.87. The second-order valence-electron chi connectivity index (χ2n) is 5.26. The largest absolute Gasteiger partial charge is 0.310 e. The topological polar surface area (TPSA) is 12.0 Å². The molecule has 2 atom stereocenters. The van der Waals surface area contributed by atoms with Crippen molar-refractivity contribution in [2.45, 2.75) is 56.9 Å². The summed E-state index contributed by atoms with van der Waals surface area (Å²) in [6.45, 7) is 5.45. The SMILES string of the molecule is CC(Br)CC(C)NCc1ccc2c(c1)CCC2. The van der Waals surface area contributed by atoms with Crippen molar-refractivity contribution in [1.29, 1.82) is 0 Å². The fourth-order valence-electron chi connectivity index (χ4n) is 2.60. The summed E-state index contributed by atoms with van der Waals surface area (Å²) in [5.74, 6) is 0. The summed E-state index contributed by atoms with van der Waals surface area (Å²) in [7, 11) is 0. The number of hydrogen-bond donors (Lipinski definition) is 1. The highest BCUT2D eigenvalue weighted by Gasteiger charge is 2.11. The first-order chi connectivity index (χ1) is 8.15. The molecule has 1 aliphatic rings. The molecule has 1 aromatic carbocycles. The average molecular weight is 296 g/mol. The van der Waals surface area contributed by atoms with E-state index in [9.17, 15) is 0 Å². The van der Waals surface area contributed by atoms with E-state index < -0.39 is 0 Å². The van der Waals surface area contributed by atoms with Crippen molar-refractivity contribution in [3.05, 3.63) is 34.9 Å².